The van der Waals surface area contributed by atoms with Crippen molar-refractivity contribution < 1.29 is 4.39 Å². The van der Waals surface area contributed by atoms with E-state index in [0.717, 1.165) is 38.7 Å². The standard InChI is InChI=1S/C19H20ClFN6/c20-15-4-7-23-18-14(15)2-3-16(17(18)21)22-8-9-26-10-12-27(13-11-26)19-24-5-1-6-25-19/h1-7,22H,8-13H2. The van der Waals surface area contributed by atoms with Gasteiger partial charge in [0.1, 0.15) is 5.52 Å². The Hall–Kier alpha value is -2.51. The van der Waals surface area contributed by atoms with Crippen LogP contribution in [-0.2, 0) is 0 Å². The van der Waals surface area contributed by atoms with E-state index in [0.29, 0.717) is 28.2 Å². The maximum absolute atomic E-state index is 14.6. The zero-order valence-electron chi connectivity index (χ0n) is 14.8. The highest BCUT2D eigenvalue weighted by molar-refractivity contribution is 6.35. The fourth-order valence-corrected chi connectivity index (χ4v) is 3.47. The Bertz CT molecular complexity index is 915. The van der Waals surface area contributed by atoms with E-state index in [1.54, 1.807) is 30.6 Å². The van der Waals surface area contributed by atoms with Crippen LogP contribution in [0.4, 0.5) is 16.0 Å². The van der Waals surface area contributed by atoms with Crippen LogP contribution in [0, 0.1) is 5.82 Å². The summed E-state index contributed by atoms with van der Waals surface area (Å²) in [7, 11) is 0. The predicted molar refractivity (Wildman–Crippen MR) is 106 cm³/mol. The minimum atomic E-state index is -0.360. The lowest BCUT2D eigenvalue weighted by Gasteiger charge is -2.34. The third-order valence-electron chi connectivity index (χ3n) is 4.75. The molecule has 0 spiro atoms. The molecule has 3 heterocycles. The largest absolute Gasteiger partial charge is 0.381 e. The van der Waals surface area contributed by atoms with Gasteiger partial charge in [0.2, 0.25) is 5.95 Å². The number of hydrogen-bond acceptors (Lipinski definition) is 6. The predicted octanol–water partition coefficient (Wildman–Crippen LogP) is 3.05. The SMILES string of the molecule is Fc1c(NCCN2CCN(c3ncccn3)CC2)ccc2c(Cl)ccnc12. The van der Waals surface area contributed by atoms with Gasteiger partial charge in [0.25, 0.3) is 0 Å². The van der Waals surface area contributed by atoms with Gasteiger partial charge >= 0.3 is 0 Å². The number of pyridine rings is 1. The number of nitrogens with one attached hydrogen (secondary N) is 1. The summed E-state index contributed by atoms with van der Waals surface area (Å²) < 4.78 is 14.6. The minimum absolute atomic E-state index is 0.295. The van der Waals surface area contributed by atoms with Crippen molar-refractivity contribution in [3.05, 3.63) is 53.7 Å². The van der Waals surface area contributed by atoms with Crippen LogP contribution in [0.1, 0.15) is 0 Å². The van der Waals surface area contributed by atoms with Gasteiger partial charge in [-0.3, -0.25) is 9.88 Å². The molecule has 4 rings (SSSR count). The van der Waals surface area contributed by atoms with Gasteiger partial charge < -0.3 is 10.2 Å². The summed E-state index contributed by atoms with van der Waals surface area (Å²) in [4.78, 5) is 17.2. The molecule has 1 aliphatic rings. The number of nitrogens with zero attached hydrogens (tertiary/aromatic N) is 5. The Balaban J connectivity index is 1.31. The van der Waals surface area contributed by atoms with Crippen LogP contribution in [0.15, 0.2) is 42.9 Å². The van der Waals surface area contributed by atoms with Gasteiger partial charge in [-0.2, -0.15) is 0 Å². The molecule has 1 saturated heterocycles. The van der Waals surface area contributed by atoms with Gasteiger partial charge in [-0.05, 0) is 24.3 Å². The molecule has 8 heteroatoms. The van der Waals surface area contributed by atoms with Crippen molar-refractivity contribution in [1.82, 2.24) is 19.9 Å². The molecule has 1 aliphatic heterocycles. The lowest BCUT2D eigenvalue weighted by molar-refractivity contribution is 0.266. The van der Waals surface area contributed by atoms with Crippen LogP contribution in [0.5, 0.6) is 0 Å². The molecule has 1 aromatic carbocycles. The number of hydrogen-bond donors (Lipinski definition) is 1. The molecule has 140 valence electrons. The van der Waals surface area contributed by atoms with Crippen LogP contribution in [0.3, 0.4) is 0 Å². The molecule has 3 aromatic rings. The number of piperazine rings is 1. The monoisotopic (exact) mass is 386 g/mol. The van der Waals surface area contributed by atoms with E-state index >= 15 is 0 Å². The summed E-state index contributed by atoms with van der Waals surface area (Å²) in [5.41, 5.74) is 0.748. The van der Waals surface area contributed by atoms with Crippen molar-refractivity contribution in [2.75, 3.05) is 49.5 Å². The number of benzene rings is 1. The second-order valence-electron chi connectivity index (χ2n) is 6.42. The van der Waals surface area contributed by atoms with Crippen LogP contribution in [0.2, 0.25) is 5.02 Å². The van der Waals surface area contributed by atoms with E-state index in [4.69, 9.17) is 11.6 Å². The normalized spacial score (nSPS) is 15.3. The lowest BCUT2D eigenvalue weighted by atomic mass is 10.2. The van der Waals surface area contributed by atoms with Gasteiger partial charge in [0.15, 0.2) is 5.82 Å². The van der Waals surface area contributed by atoms with E-state index in [9.17, 15) is 4.39 Å². The zero-order chi connectivity index (χ0) is 18.6. The number of aromatic nitrogens is 3. The Morgan fingerprint density at radius 2 is 1.78 bits per heavy atom. The van der Waals surface area contributed by atoms with Crippen LogP contribution >= 0.6 is 11.6 Å². The van der Waals surface area contributed by atoms with E-state index in [1.807, 2.05) is 6.07 Å². The molecule has 1 fully saturated rings. The Labute approximate surface area is 162 Å². The maximum atomic E-state index is 14.6. The number of halogens is 2. The van der Waals surface area contributed by atoms with Crippen LogP contribution in [0.25, 0.3) is 10.9 Å². The topological polar surface area (TPSA) is 57.2 Å². The summed E-state index contributed by atoms with van der Waals surface area (Å²) >= 11 is 6.10. The Morgan fingerprint density at radius 3 is 2.56 bits per heavy atom. The molecule has 0 unspecified atom stereocenters. The van der Waals surface area contributed by atoms with Gasteiger partial charge in [-0.25, -0.2) is 14.4 Å². The zero-order valence-corrected chi connectivity index (χ0v) is 15.5. The number of anilines is 2. The van der Waals surface area contributed by atoms with E-state index < -0.39 is 0 Å². The molecule has 0 aliphatic carbocycles. The molecule has 0 radical (unpaired) electrons. The number of fused-ring (bicyclic) bond motifs is 1. The van der Waals surface area contributed by atoms with E-state index in [1.165, 1.54) is 6.20 Å². The van der Waals surface area contributed by atoms with Crippen molar-refractivity contribution in [2.45, 2.75) is 0 Å². The highest BCUT2D eigenvalue weighted by Gasteiger charge is 2.18. The third kappa shape index (κ3) is 3.94. The van der Waals surface area contributed by atoms with Crippen molar-refractivity contribution in [3.63, 3.8) is 0 Å². The lowest BCUT2D eigenvalue weighted by Crippen LogP contribution is -2.48. The first kappa shape index (κ1) is 17.9. The fourth-order valence-electron chi connectivity index (χ4n) is 3.26. The fraction of sp³-hybridized carbons (Fsp3) is 0.316. The van der Waals surface area contributed by atoms with Crippen molar-refractivity contribution in [3.8, 4) is 0 Å². The average molecular weight is 387 g/mol. The van der Waals surface area contributed by atoms with Gasteiger partial charge in [-0.15, -0.1) is 0 Å². The molecular formula is C19H20ClFN6. The molecule has 0 saturated carbocycles. The molecule has 1 N–H and O–H groups in total. The Kier molecular flexibility index (Phi) is 5.31. The molecule has 0 bridgehead atoms. The third-order valence-corrected chi connectivity index (χ3v) is 5.08. The minimum Gasteiger partial charge on any atom is -0.381 e. The second kappa shape index (κ2) is 8.02. The Morgan fingerprint density at radius 1 is 1.00 bits per heavy atom. The van der Waals surface area contributed by atoms with E-state index in [2.05, 4.69) is 30.1 Å². The van der Waals surface area contributed by atoms with Gasteiger partial charge in [0.05, 0.1) is 10.7 Å². The summed E-state index contributed by atoms with van der Waals surface area (Å²) in [5, 5.41) is 4.31. The number of rotatable bonds is 5. The van der Waals surface area contributed by atoms with Crippen molar-refractivity contribution in [1.29, 1.82) is 0 Å². The summed E-state index contributed by atoms with van der Waals surface area (Å²) in [6, 6.07) is 7.00. The van der Waals surface area contributed by atoms with Crippen LogP contribution in [-0.4, -0.2) is 59.1 Å². The average Bonchev–Trinajstić information content (AvgIpc) is 2.71. The molecule has 27 heavy (non-hydrogen) atoms. The highest BCUT2D eigenvalue weighted by atomic mass is 35.5. The highest BCUT2D eigenvalue weighted by Crippen LogP contribution is 2.27. The van der Waals surface area contributed by atoms with E-state index in [-0.39, 0.29) is 5.82 Å². The molecule has 0 amide bonds. The first-order valence-electron chi connectivity index (χ1n) is 8.93. The van der Waals surface area contributed by atoms with Crippen molar-refractivity contribution in [2.24, 2.45) is 0 Å². The second-order valence-corrected chi connectivity index (χ2v) is 6.83. The van der Waals surface area contributed by atoms with Gasteiger partial charge in [0, 0.05) is 63.2 Å². The van der Waals surface area contributed by atoms with Gasteiger partial charge in [-0.1, -0.05) is 11.6 Å². The molecule has 2 aromatic heterocycles. The molecule has 0 atom stereocenters. The first-order chi connectivity index (χ1) is 13.2. The first-order valence-corrected chi connectivity index (χ1v) is 9.31. The molecular weight excluding hydrogens is 367 g/mol. The quantitative estimate of drug-likeness (QED) is 0.727. The maximum Gasteiger partial charge on any atom is 0.225 e. The summed E-state index contributed by atoms with van der Waals surface area (Å²) in [6.07, 6.45) is 5.05. The van der Waals surface area contributed by atoms with Crippen molar-refractivity contribution >= 4 is 34.1 Å². The molecule has 6 nitrogen and oxygen atoms in total. The summed E-state index contributed by atoms with van der Waals surface area (Å²) in [5.74, 6) is 0.417. The smallest absolute Gasteiger partial charge is 0.225 e. The van der Waals surface area contributed by atoms with Crippen LogP contribution < -0.4 is 10.2 Å². The summed E-state index contributed by atoms with van der Waals surface area (Å²) in [6.45, 7) is 5.12.